The Morgan fingerprint density at radius 3 is 2.36 bits per heavy atom. The Morgan fingerprint density at radius 1 is 1.06 bits per heavy atom. The molecule has 1 saturated heterocycles. The van der Waals surface area contributed by atoms with Crippen molar-refractivity contribution in [3.63, 3.8) is 0 Å². The maximum absolute atomic E-state index is 12.8. The maximum atomic E-state index is 12.8. The molecule has 2 aromatic carbocycles. The second kappa shape index (κ2) is 9.96. The molecule has 0 bridgehead atoms. The monoisotopic (exact) mass is 475 g/mol. The summed E-state index contributed by atoms with van der Waals surface area (Å²) < 4.78 is 40.2. The standard InChI is InChI=1S/C23H24F3N5OS/c1-16(21(32)27-18-11-9-17(10-12-18)23(24,25)26)33-22-29-28-20(15-30-13-5-6-14-30)31(22)19-7-3-2-4-8-19/h2-4,7-12,16H,5-6,13-15H2,1H3,(H,27,32)/t16-/m1/s1. The molecule has 1 atom stereocenters. The number of amides is 1. The van der Waals surface area contributed by atoms with Gasteiger partial charge in [0.2, 0.25) is 5.91 Å². The van der Waals surface area contributed by atoms with Crippen molar-refractivity contribution in [2.75, 3.05) is 18.4 Å². The van der Waals surface area contributed by atoms with Gasteiger partial charge in [0, 0.05) is 11.4 Å². The van der Waals surface area contributed by atoms with E-state index in [0.29, 0.717) is 17.4 Å². The third-order valence-corrected chi connectivity index (χ3v) is 6.45. The van der Waals surface area contributed by atoms with Gasteiger partial charge in [0.1, 0.15) is 0 Å². The first kappa shape index (κ1) is 23.3. The Balaban J connectivity index is 1.49. The van der Waals surface area contributed by atoms with E-state index in [2.05, 4.69) is 20.4 Å². The third kappa shape index (κ3) is 5.75. The summed E-state index contributed by atoms with van der Waals surface area (Å²) in [7, 11) is 0. The maximum Gasteiger partial charge on any atom is 0.416 e. The number of hydrogen-bond donors (Lipinski definition) is 1. The SMILES string of the molecule is C[C@@H](Sc1nnc(CN2CCCC2)n1-c1ccccc1)C(=O)Nc1ccc(C(F)(F)F)cc1. The van der Waals surface area contributed by atoms with Gasteiger partial charge in [-0.3, -0.25) is 14.3 Å². The summed E-state index contributed by atoms with van der Waals surface area (Å²) >= 11 is 1.26. The molecular weight excluding hydrogens is 451 g/mol. The molecule has 1 aromatic heterocycles. The van der Waals surface area contributed by atoms with Crippen LogP contribution in [-0.2, 0) is 17.5 Å². The first-order valence-electron chi connectivity index (χ1n) is 10.7. The second-order valence-electron chi connectivity index (χ2n) is 7.88. The molecule has 1 aliphatic rings. The Kier molecular flexibility index (Phi) is 7.04. The van der Waals surface area contributed by atoms with Gasteiger partial charge in [-0.2, -0.15) is 13.2 Å². The Morgan fingerprint density at radius 2 is 1.73 bits per heavy atom. The molecule has 0 spiro atoms. The summed E-state index contributed by atoms with van der Waals surface area (Å²) in [6, 6.07) is 14.1. The molecular formula is C23H24F3N5OS. The number of thioether (sulfide) groups is 1. The summed E-state index contributed by atoms with van der Waals surface area (Å²) in [5.74, 6) is 0.476. The topological polar surface area (TPSA) is 63.1 Å². The fraction of sp³-hybridized carbons (Fsp3) is 0.348. The van der Waals surface area contributed by atoms with Crippen LogP contribution in [0.3, 0.4) is 0 Å². The zero-order valence-corrected chi connectivity index (χ0v) is 18.9. The number of benzene rings is 2. The number of anilines is 1. The van der Waals surface area contributed by atoms with Gasteiger partial charge in [-0.1, -0.05) is 30.0 Å². The third-order valence-electron chi connectivity index (χ3n) is 5.41. The lowest BCUT2D eigenvalue weighted by Crippen LogP contribution is -2.23. The average molecular weight is 476 g/mol. The van der Waals surface area contributed by atoms with Crippen LogP contribution in [0.15, 0.2) is 59.8 Å². The van der Waals surface area contributed by atoms with E-state index in [0.717, 1.165) is 36.7 Å². The average Bonchev–Trinajstić information content (AvgIpc) is 3.44. The van der Waals surface area contributed by atoms with Crippen LogP contribution in [-0.4, -0.2) is 43.9 Å². The summed E-state index contributed by atoms with van der Waals surface area (Å²) in [5.41, 5.74) is 0.457. The molecule has 1 N–H and O–H groups in total. The van der Waals surface area contributed by atoms with Gasteiger partial charge in [-0.15, -0.1) is 10.2 Å². The Labute approximate surface area is 194 Å². The summed E-state index contributed by atoms with van der Waals surface area (Å²) in [5, 5.41) is 11.5. The van der Waals surface area contributed by atoms with Crippen LogP contribution in [0.5, 0.6) is 0 Å². The number of likely N-dealkylation sites (tertiary alicyclic amines) is 1. The minimum atomic E-state index is -4.42. The van der Waals surface area contributed by atoms with E-state index in [9.17, 15) is 18.0 Å². The number of nitrogens with zero attached hydrogens (tertiary/aromatic N) is 4. The Hall–Kier alpha value is -2.85. The number of carbonyl (C=O) groups excluding carboxylic acids is 1. The van der Waals surface area contributed by atoms with Crippen LogP contribution in [0.1, 0.15) is 31.2 Å². The number of nitrogens with one attached hydrogen (secondary N) is 1. The highest BCUT2D eigenvalue weighted by molar-refractivity contribution is 8.00. The quantitative estimate of drug-likeness (QED) is 0.487. The summed E-state index contributed by atoms with van der Waals surface area (Å²) in [6.07, 6.45) is -2.08. The van der Waals surface area contributed by atoms with E-state index in [4.69, 9.17) is 0 Å². The van der Waals surface area contributed by atoms with E-state index in [1.807, 2.05) is 34.9 Å². The van der Waals surface area contributed by atoms with E-state index >= 15 is 0 Å². The van der Waals surface area contributed by atoms with Crippen molar-refractivity contribution in [2.45, 2.75) is 42.9 Å². The minimum Gasteiger partial charge on any atom is -0.325 e. The molecule has 1 aliphatic heterocycles. The van der Waals surface area contributed by atoms with Crippen molar-refractivity contribution in [1.29, 1.82) is 0 Å². The number of rotatable bonds is 7. The highest BCUT2D eigenvalue weighted by Crippen LogP contribution is 2.31. The molecule has 0 unspecified atom stereocenters. The van der Waals surface area contributed by atoms with Gasteiger partial charge in [-0.05, 0) is 69.3 Å². The number of aromatic nitrogens is 3. The first-order chi connectivity index (χ1) is 15.8. The van der Waals surface area contributed by atoms with Gasteiger partial charge in [0.05, 0.1) is 17.4 Å². The molecule has 1 amide bonds. The molecule has 2 heterocycles. The molecule has 3 aromatic rings. The van der Waals surface area contributed by atoms with Crippen molar-refractivity contribution in [3.8, 4) is 5.69 Å². The molecule has 6 nitrogen and oxygen atoms in total. The molecule has 1 fully saturated rings. The van der Waals surface area contributed by atoms with Crippen molar-refractivity contribution in [3.05, 3.63) is 66.0 Å². The number of alkyl halides is 3. The second-order valence-corrected chi connectivity index (χ2v) is 9.19. The van der Waals surface area contributed by atoms with Crippen LogP contribution in [0.25, 0.3) is 5.69 Å². The smallest absolute Gasteiger partial charge is 0.325 e. The number of para-hydroxylation sites is 1. The zero-order chi connectivity index (χ0) is 23.4. The first-order valence-corrected chi connectivity index (χ1v) is 11.6. The number of hydrogen-bond acceptors (Lipinski definition) is 5. The van der Waals surface area contributed by atoms with Crippen molar-refractivity contribution in [2.24, 2.45) is 0 Å². The van der Waals surface area contributed by atoms with E-state index in [1.165, 1.54) is 36.7 Å². The zero-order valence-electron chi connectivity index (χ0n) is 18.0. The van der Waals surface area contributed by atoms with E-state index in [1.54, 1.807) is 6.92 Å². The largest absolute Gasteiger partial charge is 0.416 e. The predicted octanol–water partition coefficient (Wildman–Crippen LogP) is 5.00. The fourth-order valence-electron chi connectivity index (χ4n) is 3.65. The minimum absolute atomic E-state index is 0.305. The predicted molar refractivity (Wildman–Crippen MR) is 121 cm³/mol. The summed E-state index contributed by atoms with van der Waals surface area (Å²) in [4.78, 5) is 15.0. The molecule has 0 radical (unpaired) electrons. The van der Waals surface area contributed by atoms with Gasteiger partial charge in [-0.25, -0.2) is 0 Å². The molecule has 4 rings (SSSR count). The number of carbonyl (C=O) groups is 1. The molecule has 174 valence electrons. The molecule has 0 saturated carbocycles. The van der Waals surface area contributed by atoms with Crippen molar-refractivity contribution in [1.82, 2.24) is 19.7 Å². The highest BCUT2D eigenvalue weighted by atomic mass is 32.2. The Bertz CT molecular complexity index is 1080. The van der Waals surface area contributed by atoms with Gasteiger partial charge < -0.3 is 5.32 Å². The van der Waals surface area contributed by atoms with E-state index in [-0.39, 0.29) is 5.91 Å². The van der Waals surface area contributed by atoms with Crippen LogP contribution >= 0.6 is 11.8 Å². The lowest BCUT2D eigenvalue weighted by molar-refractivity contribution is -0.137. The van der Waals surface area contributed by atoms with Crippen molar-refractivity contribution < 1.29 is 18.0 Å². The fourth-order valence-corrected chi connectivity index (χ4v) is 4.54. The van der Waals surface area contributed by atoms with Crippen LogP contribution in [0.2, 0.25) is 0 Å². The van der Waals surface area contributed by atoms with E-state index < -0.39 is 17.0 Å². The van der Waals surface area contributed by atoms with Crippen molar-refractivity contribution >= 4 is 23.4 Å². The number of halogens is 3. The lowest BCUT2D eigenvalue weighted by atomic mass is 10.2. The molecule has 0 aliphatic carbocycles. The van der Waals surface area contributed by atoms with Gasteiger partial charge >= 0.3 is 6.18 Å². The van der Waals surface area contributed by atoms with Crippen LogP contribution in [0.4, 0.5) is 18.9 Å². The molecule has 10 heteroatoms. The van der Waals surface area contributed by atoms with Crippen LogP contribution < -0.4 is 5.32 Å². The van der Waals surface area contributed by atoms with Crippen LogP contribution in [0, 0.1) is 0 Å². The van der Waals surface area contributed by atoms with Gasteiger partial charge in [0.15, 0.2) is 11.0 Å². The highest BCUT2D eigenvalue weighted by Gasteiger charge is 2.30. The lowest BCUT2D eigenvalue weighted by Gasteiger charge is -2.17. The molecule has 33 heavy (non-hydrogen) atoms. The normalized spacial score (nSPS) is 15.5. The summed E-state index contributed by atoms with van der Waals surface area (Å²) in [6.45, 7) is 4.45. The van der Waals surface area contributed by atoms with Gasteiger partial charge in [0.25, 0.3) is 0 Å².